The first-order valence-corrected chi connectivity index (χ1v) is 6.45. The molecule has 0 saturated carbocycles. The van der Waals surface area contributed by atoms with Crippen LogP contribution in [-0.4, -0.2) is 24.4 Å². The van der Waals surface area contributed by atoms with E-state index in [0.717, 1.165) is 25.3 Å². The Bertz CT molecular complexity index is 789. The van der Waals surface area contributed by atoms with E-state index in [0.29, 0.717) is 0 Å². The quantitative estimate of drug-likeness (QED) is 0.478. The van der Waals surface area contributed by atoms with Crippen LogP contribution in [0.15, 0.2) is 42.5 Å². The highest BCUT2D eigenvalue weighted by atomic mass is 19.4. The zero-order chi connectivity index (χ0) is 17.9. The first-order chi connectivity index (χ1) is 11.2. The van der Waals surface area contributed by atoms with Crippen LogP contribution in [0.4, 0.5) is 18.9 Å². The van der Waals surface area contributed by atoms with E-state index >= 15 is 0 Å². The monoisotopic (exact) mass is 341 g/mol. The number of alkyl halides is 3. The number of nitro groups is 1. The van der Waals surface area contributed by atoms with Gasteiger partial charge in [-0.05, 0) is 23.8 Å². The number of methoxy groups -OCH3 is 1. The molecule has 0 bridgehead atoms. The van der Waals surface area contributed by atoms with Gasteiger partial charge in [0.05, 0.1) is 12.0 Å². The third-order valence-electron chi connectivity index (χ3n) is 3.02. The zero-order valence-electron chi connectivity index (χ0n) is 12.2. The van der Waals surface area contributed by atoms with Crippen molar-refractivity contribution in [3.8, 4) is 16.9 Å². The second-order valence-corrected chi connectivity index (χ2v) is 4.52. The standard InChI is InChI=1S/C15H10F3NO5/c1-23-14(20)11-8-9(6-7-12(11)19(21)22)10-4-2-3-5-13(10)24-15(16,17)18/h2-8H,1H3. The van der Waals surface area contributed by atoms with E-state index in [9.17, 15) is 28.1 Å². The topological polar surface area (TPSA) is 78.7 Å². The Kier molecular flexibility index (Phi) is 4.72. The Balaban J connectivity index is 2.58. The molecule has 0 amide bonds. The van der Waals surface area contributed by atoms with Crippen molar-refractivity contribution in [2.24, 2.45) is 0 Å². The van der Waals surface area contributed by atoms with Crippen LogP contribution in [0.2, 0.25) is 0 Å². The number of hydrogen-bond donors (Lipinski definition) is 0. The Morgan fingerprint density at radius 2 is 1.83 bits per heavy atom. The van der Waals surface area contributed by atoms with Crippen molar-refractivity contribution in [1.82, 2.24) is 0 Å². The first kappa shape index (κ1) is 17.3. The van der Waals surface area contributed by atoms with Gasteiger partial charge < -0.3 is 9.47 Å². The summed E-state index contributed by atoms with van der Waals surface area (Å²) in [6.07, 6.45) is -4.90. The van der Waals surface area contributed by atoms with Gasteiger partial charge in [-0.15, -0.1) is 13.2 Å². The Labute approximate surface area is 133 Å². The molecule has 0 aromatic heterocycles. The fraction of sp³-hybridized carbons (Fsp3) is 0.133. The molecule has 0 fully saturated rings. The molecule has 0 N–H and O–H groups in total. The number of halogens is 3. The summed E-state index contributed by atoms with van der Waals surface area (Å²) in [5.41, 5.74) is -0.725. The molecule has 2 aromatic rings. The molecule has 6 nitrogen and oxygen atoms in total. The van der Waals surface area contributed by atoms with Crippen molar-refractivity contribution in [2.75, 3.05) is 7.11 Å². The van der Waals surface area contributed by atoms with Gasteiger partial charge in [-0.3, -0.25) is 10.1 Å². The van der Waals surface area contributed by atoms with E-state index in [1.807, 2.05) is 0 Å². The number of ether oxygens (including phenoxy) is 2. The zero-order valence-corrected chi connectivity index (χ0v) is 12.2. The summed E-state index contributed by atoms with van der Waals surface area (Å²) < 4.78 is 45.9. The Morgan fingerprint density at radius 1 is 1.17 bits per heavy atom. The number of carbonyl (C=O) groups excluding carboxylic acids is 1. The minimum Gasteiger partial charge on any atom is -0.465 e. The predicted molar refractivity (Wildman–Crippen MR) is 76.6 cm³/mol. The highest BCUT2D eigenvalue weighted by Crippen LogP contribution is 2.35. The number of benzene rings is 2. The summed E-state index contributed by atoms with van der Waals surface area (Å²) in [4.78, 5) is 21.9. The number of para-hydroxylation sites is 1. The third-order valence-corrected chi connectivity index (χ3v) is 3.02. The van der Waals surface area contributed by atoms with Crippen LogP contribution in [0.5, 0.6) is 5.75 Å². The second kappa shape index (κ2) is 6.57. The number of hydrogen-bond acceptors (Lipinski definition) is 5. The Hall–Kier alpha value is -3.10. The van der Waals surface area contributed by atoms with Gasteiger partial charge in [0.2, 0.25) is 0 Å². The summed E-state index contributed by atoms with van der Waals surface area (Å²) in [5.74, 6) is -1.47. The van der Waals surface area contributed by atoms with Gasteiger partial charge in [-0.1, -0.05) is 18.2 Å². The van der Waals surface area contributed by atoms with Gasteiger partial charge in [0.1, 0.15) is 11.3 Å². The fourth-order valence-corrected chi connectivity index (χ4v) is 2.06. The van der Waals surface area contributed by atoms with Crippen LogP contribution in [-0.2, 0) is 4.74 Å². The molecular weight excluding hydrogens is 331 g/mol. The Morgan fingerprint density at radius 3 is 2.42 bits per heavy atom. The molecule has 0 aliphatic heterocycles. The highest BCUT2D eigenvalue weighted by molar-refractivity contribution is 5.95. The van der Waals surface area contributed by atoms with Crippen LogP contribution < -0.4 is 4.74 Å². The van der Waals surface area contributed by atoms with Crippen molar-refractivity contribution in [1.29, 1.82) is 0 Å². The molecule has 0 unspecified atom stereocenters. The SMILES string of the molecule is COC(=O)c1cc(-c2ccccc2OC(F)(F)F)ccc1[N+](=O)[O-]. The predicted octanol–water partition coefficient (Wildman–Crippen LogP) is 3.95. The molecule has 9 heteroatoms. The van der Waals surface area contributed by atoms with Crippen molar-refractivity contribution < 1.29 is 32.4 Å². The van der Waals surface area contributed by atoms with Gasteiger partial charge in [-0.25, -0.2) is 4.79 Å². The molecule has 0 aliphatic rings. The number of carbonyl (C=O) groups is 1. The lowest BCUT2D eigenvalue weighted by atomic mass is 10.0. The smallest absolute Gasteiger partial charge is 0.465 e. The van der Waals surface area contributed by atoms with E-state index in [-0.39, 0.29) is 16.7 Å². The second-order valence-electron chi connectivity index (χ2n) is 4.52. The molecule has 2 aromatic carbocycles. The van der Waals surface area contributed by atoms with Crippen molar-refractivity contribution >= 4 is 11.7 Å². The van der Waals surface area contributed by atoms with E-state index in [2.05, 4.69) is 9.47 Å². The molecule has 0 saturated heterocycles. The molecule has 0 atom stereocenters. The van der Waals surface area contributed by atoms with E-state index < -0.39 is 28.7 Å². The van der Waals surface area contributed by atoms with Gasteiger partial charge in [0, 0.05) is 11.6 Å². The van der Waals surface area contributed by atoms with E-state index in [4.69, 9.17) is 0 Å². The van der Waals surface area contributed by atoms with Crippen LogP contribution >= 0.6 is 0 Å². The summed E-state index contributed by atoms with van der Waals surface area (Å²) in [5, 5.41) is 11.0. The number of nitrogens with zero attached hydrogens (tertiary/aromatic N) is 1. The third kappa shape index (κ3) is 3.80. The average molecular weight is 341 g/mol. The van der Waals surface area contributed by atoms with E-state index in [1.165, 1.54) is 24.3 Å². The maximum Gasteiger partial charge on any atom is 0.573 e. The molecule has 0 radical (unpaired) electrons. The fourth-order valence-electron chi connectivity index (χ4n) is 2.06. The van der Waals surface area contributed by atoms with E-state index in [1.54, 1.807) is 0 Å². The molecule has 126 valence electrons. The van der Waals surface area contributed by atoms with Gasteiger partial charge in [0.25, 0.3) is 5.69 Å². The lowest BCUT2D eigenvalue weighted by Gasteiger charge is -2.13. The lowest BCUT2D eigenvalue weighted by Crippen LogP contribution is -2.17. The van der Waals surface area contributed by atoms with Crippen LogP contribution in [0.3, 0.4) is 0 Å². The molecule has 0 spiro atoms. The maximum absolute atomic E-state index is 12.5. The molecule has 2 rings (SSSR count). The summed E-state index contributed by atoms with van der Waals surface area (Å²) in [6.45, 7) is 0. The molecule has 0 heterocycles. The van der Waals surface area contributed by atoms with Crippen molar-refractivity contribution in [3.63, 3.8) is 0 Å². The minimum absolute atomic E-state index is 0.0230. The normalized spacial score (nSPS) is 11.0. The molecule has 24 heavy (non-hydrogen) atoms. The molecular formula is C15H10F3NO5. The number of nitro benzene ring substituents is 1. The largest absolute Gasteiger partial charge is 0.573 e. The van der Waals surface area contributed by atoms with Gasteiger partial charge in [-0.2, -0.15) is 0 Å². The first-order valence-electron chi connectivity index (χ1n) is 6.45. The highest BCUT2D eigenvalue weighted by Gasteiger charge is 2.32. The van der Waals surface area contributed by atoms with Gasteiger partial charge in [0.15, 0.2) is 0 Å². The number of esters is 1. The average Bonchev–Trinajstić information content (AvgIpc) is 2.52. The summed E-state index contributed by atoms with van der Waals surface area (Å²) >= 11 is 0. The van der Waals surface area contributed by atoms with Crippen molar-refractivity contribution in [2.45, 2.75) is 6.36 Å². The van der Waals surface area contributed by atoms with Crippen LogP contribution in [0.1, 0.15) is 10.4 Å². The van der Waals surface area contributed by atoms with Crippen LogP contribution in [0, 0.1) is 10.1 Å². The molecule has 0 aliphatic carbocycles. The van der Waals surface area contributed by atoms with Crippen LogP contribution in [0.25, 0.3) is 11.1 Å². The summed E-state index contributed by atoms with van der Waals surface area (Å²) in [6, 6.07) is 8.58. The maximum atomic E-state index is 12.5. The van der Waals surface area contributed by atoms with Gasteiger partial charge >= 0.3 is 12.3 Å². The summed E-state index contributed by atoms with van der Waals surface area (Å²) in [7, 11) is 1.04. The minimum atomic E-state index is -4.90. The number of rotatable bonds is 4. The van der Waals surface area contributed by atoms with Crippen molar-refractivity contribution in [3.05, 3.63) is 58.1 Å². The lowest BCUT2D eigenvalue weighted by molar-refractivity contribution is -0.385.